The van der Waals surface area contributed by atoms with E-state index in [1.165, 1.54) is 6.07 Å². The van der Waals surface area contributed by atoms with Crippen molar-refractivity contribution in [1.29, 1.82) is 0 Å². The molecule has 5 rings (SSSR count). The Morgan fingerprint density at radius 1 is 1.10 bits per heavy atom. The quantitative estimate of drug-likeness (QED) is 0.777. The summed E-state index contributed by atoms with van der Waals surface area (Å²) in [7, 11) is 0. The summed E-state index contributed by atoms with van der Waals surface area (Å²) in [6, 6.07) is 4.17. The molecule has 1 saturated carbocycles. The number of hydrogen-bond donors (Lipinski definition) is 2. The van der Waals surface area contributed by atoms with Crippen molar-refractivity contribution in [3.8, 4) is 0 Å². The second-order valence-corrected chi connectivity index (χ2v) is 9.91. The standard InChI is InChI=1S/C24H33FN4O2/c1-14-6-9-21(25)20-11-22(27-23(14)20)24(31)26-16-4-3-5-17(10-16)28-12-18-7-8-19(13-28)29(18)15(2)30/h6,9,16-19,22,27H,3-5,7-8,10-13H2,1-2H3,(H,26,31)/t16-,17+,18?,19?,22?/m1/s1. The predicted octanol–water partition coefficient (Wildman–Crippen LogP) is 2.59. The summed E-state index contributed by atoms with van der Waals surface area (Å²) in [6.45, 7) is 5.55. The molecule has 6 nitrogen and oxygen atoms in total. The molecule has 3 unspecified atom stereocenters. The third-order valence-corrected chi connectivity index (χ3v) is 7.89. The van der Waals surface area contributed by atoms with Crippen LogP contribution in [0, 0.1) is 12.7 Å². The van der Waals surface area contributed by atoms with Gasteiger partial charge in [0.05, 0.1) is 0 Å². The monoisotopic (exact) mass is 428 g/mol. The number of benzene rings is 1. The molecule has 1 aliphatic carbocycles. The average molecular weight is 429 g/mol. The Balaban J connectivity index is 1.18. The molecule has 3 heterocycles. The van der Waals surface area contributed by atoms with Crippen LogP contribution in [0.1, 0.15) is 56.6 Å². The molecule has 31 heavy (non-hydrogen) atoms. The zero-order valence-electron chi connectivity index (χ0n) is 18.5. The summed E-state index contributed by atoms with van der Waals surface area (Å²) in [5.74, 6) is -0.0553. The van der Waals surface area contributed by atoms with Crippen LogP contribution in [0.2, 0.25) is 0 Å². The third kappa shape index (κ3) is 3.81. The maximum absolute atomic E-state index is 14.2. The highest BCUT2D eigenvalue weighted by molar-refractivity contribution is 5.88. The number of piperazine rings is 1. The lowest BCUT2D eigenvalue weighted by Gasteiger charge is -2.46. The topological polar surface area (TPSA) is 64.7 Å². The number of aryl methyl sites for hydroxylation is 1. The van der Waals surface area contributed by atoms with Gasteiger partial charge in [0.1, 0.15) is 11.9 Å². The highest BCUT2D eigenvalue weighted by Gasteiger charge is 2.43. The van der Waals surface area contributed by atoms with Crippen LogP contribution in [0.15, 0.2) is 12.1 Å². The normalized spacial score (nSPS) is 32.5. The van der Waals surface area contributed by atoms with E-state index in [0.717, 1.165) is 62.9 Å². The van der Waals surface area contributed by atoms with Gasteiger partial charge < -0.3 is 15.5 Å². The molecule has 168 valence electrons. The molecule has 3 fully saturated rings. The van der Waals surface area contributed by atoms with Gasteiger partial charge in [0.2, 0.25) is 11.8 Å². The van der Waals surface area contributed by atoms with Gasteiger partial charge in [0.15, 0.2) is 0 Å². The Bertz CT molecular complexity index is 846. The molecule has 4 aliphatic rings. The maximum Gasteiger partial charge on any atom is 0.243 e. The molecule has 2 amide bonds. The second-order valence-electron chi connectivity index (χ2n) is 9.91. The molecular weight excluding hydrogens is 395 g/mol. The number of nitrogens with one attached hydrogen (secondary N) is 2. The van der Waals surface area contributed by atoms with Gasteiger partial charge in [-0.3, -0.25) is 14.5 Å². The highest BCUT2D eigenvalue weighted by atomic mass is 19.1. The Morgan fingerprint density at radius 2 is 1.84 bits per heavy atom. The Kier molecular flexibility index (Phi) is 5.40. The smallest absolute Gasteiger partial charge is 0.243 e. The fraction of sp³-hybridized carbons (Fsp3) is 0.667. The minimum absolute atomic E-state index is 0.0258. The molecule has 0 aromatic heterocycles. The van der Waals surface area contributed by atoms with Crippen molar-refractivity contribution < 1.29 is 14.0 Å². The van der Waals surface area contributed by atoms with Crippen molar-refractivity contribution >= 4 is 17.5 Å². The van der Waals surface area contributed by atoms with Gasteiger partial charge in [-0.1, -0.05) is 6.07 Å². The molecule has 7 heteroatoms. The summed E-state index contributed by atoms with van der Waals surface area (Å²) in [5, 5.41) is 6.50. The van der Waals surface area contributed by atoms with E-state index in [0.29, 0.717) is 30.1 Å². The predicted molar refractivity (Wildman–Crippen MR) is 117 cm³/mol. The van der Waals surface area contributed by atoms with E-state index in [1.54, 1.807) is 13.0 Å². The zero-order chi connectivity index (χ0) is 21.7. The Labute approximate surface area is 183 Å². The van der Waals surface area contributed by atoms with E-state index < -0.39 is 6.04 Å². The van der Waals surface area contributed by atoms with Crippen molar-refractivity contribution in [2.75, 3.05) is 18.4 Å². The summed E-state index contributed by atoms with van der Waals surface area (Å²) in [4.78, 5) is 29.6. The minimum atomic E-state index is -0.402. The molecule has 0 radical (unpaired) electrons. The molecule has 2 saturated heterocycles. The van der Waals surface area contributed by atoms with Crippen LogP contribution < -0.4 is 10.6 Å². The van der Waals surface area contributed by atoms with Gasteiger partial charge in [-0.05, 0) is 57.1 Å². The van der Waals surface area contributed by atoms with E-state index in [-0.39, 0.29) is 23.7 Å². The summed E-state index contributed by atoms with van der Waals surface area (Å²) in [6.07, 6.45) is 6.83. The number of anilines is 1. The minimum Gasteiger partial charge on any atom is -0.373 e. The van der Waals surface area contributed by atoms with Crippen molar-refractivity contribution in [1.82, 2.24) is 15.1 Å². The van der Waals surface area contributed by atoms with Gasteiger partial charge in [0, 0.05) is 61.9 Å². The lowest BCUT2D eigenvalue weighted by molar-refractivity contribution is -0.135. The number of carbonyl (C=O) groups is 2. The fourth-order valence-corrected chi connectivity index (χ4v) is 6.40. The number of hydrogen-bond acceptors (Lipinski definition) is 4. The first-order chi connectivity index (χ1) is 14.9. The van der Waals surface area contributed by atoms with Crippen LogP contribution in [0.25, 0.3) is 0 Å². The molecule has 1 aromatic carbocycles. The summed E-state index contributed by atoms with van der Waals surface area (Å²) < 4.78 is 14.2. The second kappa shape index (κ2) is 8.08. The van der Waals surface area contributed by atoms with Crippen LogP contribution >= 0.6 is 0 Å². The molecule has 1 aromatic rings. The zero-order valence-corrected chi connectivity index (χ0v) is 18.5. The molecule has 2 N–H and O–H groups in total. The first kappa shape index (κ1) is 20.7. The number of fused-ring (bicyclic) bond motifs is 3. The Morgan fingerprint density at radius 3 is 2.52 bits per heavy atom. The number of nitrogens with zero attached hydrogens (tertiary/aromatic N) is 2. The van der Waals surface area contributed by atoms with Gasteiger partial charge in [-0.15, -0.1) is 0 Å². The van der Waals surface area contributed by atoms with Crippen LogP contribution in [0.4, 0.5) is 10.1 Å². The number of amides is 2. The van der Waals surface area contributed by atoms with Gasteiger partial charge in [-0.2, -0.15) is 0 Å². The lowest BCUT2D eigenvalue weighted by atomic mass is 9.89. The molecular formula is C24H33FN4O2. The van der Waals surface area contributed by atoms with Crippen molar-refractivity contribution in [3.05, 3.63) is 29.1 Å². The number of carbonyl (C=O) groups excluding carboxylic acids is 2. The number of likely N-dealkylation sites (tertiary alicyclic amines) is 1. The first-order valence-electron chi connectivity index (χ1n) is 11.8. The first-order valence-corrected chi connectivity index (χ1v) is 11.8. The summed E-state index contributed by atoms with van der Waals surface area (Å²) in [5.41, 5.74) is 2.38. The lowest BCUT2D eigenvalue weighted by Crippen LogP contribution is -2.59. The Hall–Kier alpha value is -2.15. The average Bonchev–Trinajstić information content (AvgIpc) is 3.32. The number of halogens is 1. The van der Waals surface area contributed by atoms with Crippen LogP contribution in [-0.2, 0) is 16.0 Å². The third-order valence-electron chi connectivity index (χ3n) is 7.89. The van der Waals surface area contributed by atoms with Gasteiger partial charge in [0.25, 0.3) is 0 Å². The van der Waals surface area contributed by atoms with Crippen molar-refractivity contribution in [2.45, 2.75) is 89.0 Å². The molecule has 5 atom stereocenters. The molecule has 0 spiro atoms. The molecule has 2 bridgehead atoms. The van der Waals surface area contributed by atoms with E-state index in [4.69, 9.17) is 0 Å². The van der Waals surface area contributed by atoms with Crippen LogP contribution in [0.5, 0.6) is 0 Å². The van der Waals surface area contributed by atoms with Crippen molar-refractivity contribution in [2.24, 2.45) is 0 Å². The highest BCUT2D eigenvalue weighted by Crippen LogP contribution is 2.35. The van der Waals surface area contributed by atoms with Gasteiger partial charge in [-0.25, -0.2) is 4.39 Å². The number of rotatable bonds is 3. The maximum atomic E-state index is 14.2. The van der Waals surface area contributed by atoms with Gasteiger partial charge >= 0.3 is 0 Å². The van der Waals surface area contributed by atoms with Crippen LogP contribution in [0.3, 0.4) is 0 Å². The van der Waals surface area contributed by atoms with E-state index >= 15 is 0 Å². The fourth-order valence-electron chi connectivity index (χ4n) is 6.40. The van der Waals surface area contributed by atoms with E-state index in [2.05, 4.69) is 20.4 Å². The molecule has 3 aliphatic heterocycles. The SMILES string of the molecule is CC(=O)N1C2CCC1CN([C@H]1CCC[C@@H](NC(=O)C3Cc4c(F)ccc(C)c4N3)C1)C2. The summed E-state index contributed by atoms with van der Waals surface area (Å²) >= 11 is 0. The van der Waals surface area contributed by atoms with Crippen LogP contribution in [-0.4, -0.2) is 64.9 Å². The largest absolute Gasteiger partial charge is 0.373 e. The van der Waals surface area contributed by atoms with Crippen molar-refractivity contribution in [3.63, 3.8) is 0 Å². The van der Waals surface area contributed by atoms with E-state index in [1.807, 2.05) is 6.92 Å². The van der Waals surface area contributed by atoms with E-state index in [9.17, 15) is 14.0 Å².